The minimum Gasteiger partial charge on any atom is -0.497 e. The van der Waals surface area contributed by atoms with Gasteiger partial charge in [0.05, 0.1) is 19.3 Å². The van der Waals surface area contributed by atoms with Gasteiger partial charge in [0, 0.05) is 7.05 Å². The number of hydrogen-bond acceptors (Lipinski definition) is 3. The highest BCUT2D eigenvalue weighted by atomic mass is 35.5. The number of alkyl halides is 1. The molecule has 1 fully saturated rings. The zero-order valence-corrected chi connectivity index (χ0v) is 13.2. The van der Waals surface area contributed by atoms with Crippen molar-refractivity contribution in [3.05, 3.63) is 29.8 Å². The smallest absolute Gasteiger partial charge is 0.245 e. The molecule has 2 rings (SSSR count). The quantitative estimate of drug-likeness (QED) is 0.870. The van der Waals surface area contributed by atoms with Gasteiger partial charge in [-0.25, -0.2) is 0 Å². The van der Waals surface area contributed by atoms with Crippen molar-refractivity contribution in [3.8, 4) is 5.75 Å². The Labute approximate surface area is 130 Å². The van der Waals surface area contributed by atoms with Crippen LogP contribution in [0.25, 0.3) is 0 Å². The fourth-order valence-corrected chi connectivity index (χ4v) is 3.12. The molecule has 0 radical (unpaired) electrons. The van der Waals surface area contributed by atoms with Crippen molar-refractivity contribution in [1.29, 1.82) is 0 Å². The standard InChI is InChI=1S/C16H22ClNO3/c1-18(13-8-3-4-9-14(13)19)16(20)15(17)11-6-5-7-12(10-11)21-2/h5-7,10,13-15,19H,3-4,8-9H2,1-2H3/t13-,14-,15?/m1/s1. The first-order valence-corrected chi connectivity index (χ1v) is 7.71. The van der Waals surface area contributed by atoms with Crippen LogP contribution in [0.5, 0.6) is 5.75 Å². The van der Waals surface area contributed by atoms with Crippen LogP contribution in [0.3, 0.4) is 0 Å². The lowest BCUT2D eigenvalue weighted by atomic mass is 9.91. The van der Waals surface area contributed by atoms with Crippen LogP contribution in [-0.4, -0.2) is 42.2 Å². The summed E-state index contributed by atoms with van der Waals surface area (Å²) in [5.41, 5.74) is 0.707. The predicted octanol–water partition coefficient (Wildman–Crippen LogP) is 2.74. The maximum absolute atomic E-state index is 12.5. The van der Waals surface area contributed by atoms with Crippen molar-refractivity contribution in [2.75, 3.05) is 14.2 Å². The van der Waals surface area contributed by atoms with Crippen LogP contribution in [0.4, 0.5) is 0 Å². The topological polar surface area (TPSA) is 49.8 Å². The third kappa shape index (κ3) is 3.69. The van der Waals surface area contributed by atoms with Crippen molar-refractivity contribution < 1.29 is 14.6 Å². The number of nitrogens with zero attached hydrogens (tertiary/aromatic N) is 1. The molecule has 1 aromatic carbocycles. The van der Waals surface area contributed by atoms with E-state index < -0.39 is 11.5 Å². The Balaban J connectivity index is 2.10. The monoisotopic (exact) mass is 311 g/mol. The summed E-state index contributed by atoms with van der Waals surface area (Å²) >= 11 is 6.32. The van der Waals surface area contributed by atoms with Gasteiger partial charge in [0.1, 0.15) is 11.1 Å². The van der Waals surface area contributed by atoms with Crippen LogP contribution < -0.4 is 4.74 Å². The summed E-state index contributed by atoms with van der Waals surface area (Å²) in [6, 6.07) is 7.06. The van der Waals surface area contributed by atoms with Crippen LogP contribution in [-0.2, 0) is 4.79 Å². The Bertz CT molecular complexity index is 494. The zero-order chi connectivity index (χ0) is 15.4. The average molecular weight is 312 g/mol. The van der Waals surface area contributed by atoms with Gasteiger partial charge in [-0.3, -0.25) is 4.79 Å². The number of rotatable bonds is 4. The van der Waals surface area contributed by atoms with Crippen LogP contribution in [0.1, 0.15) is 36.6 Å². The highest BCUT2D eigenvalue weighted by Gasteiger charge is 2.32. The van der Waals surface area contributed by atoms with Crippen LogP contribution in [0.2, 0.25) is 0 Å². The van der Waals surface area contributed by atoms with E-state index in [2.05, 4.69) is 0 Å². The normalized spacial score (nSPS) is 23.4. The fraction of sp³-hybridized carbons (Fsp3) is 0.562. The Morgan fingerprint density at radius 1 is 1.43 bits per heavy atom. The largest absolute Gasteiger partial charge is 0.497 e. The fourth-order valence-electron chi connectivity index (χ4n) is 2.83. The summed E-state index contributed by atoms with van der Waals surface area (Å²) < 4.78 is 5.16. The number of benzene rings is 1. The number of amides is 1. The molecule has 0 aliphatic heterocycles. The molecule has 1 aromatic rings. The third-order valence-electron chi connectivity index (χ3n) is 4.14. The number of halogens is 1. The molecule has 116 valence electrons. The van der Waals surface area contributed by atoms with Gasteiger partial charge in [-0.1, -0.05) is 25.0 Å². The van der Waals surface area contributed by atoms with E-state index in [1.54, 1.807) is 25.1 Å². The maximum atomic E-state index is 12.5. The van der Waals surface area contributed by atoms with E-state index in [-0.39, 0.29) is 11.9 Å². The van der Waals surface area contributed by atoms with Gasteiger partial charge in [-0.05, 0) is 30.5 Å². The van der Waals surface area contributed by atoms with Crippen molar-refractivity contribution >= 4 is 17.5 Å². The van der Waals surface area contributed by atoms with Gasteiger partial charge in [-0.15, -0.1) is 11.6 Å². The molecule has 1 saturated carbocycles. The molecule has 4 nitrogen and oxygen atoms in total. The molecule has 5 heteroatoms. The van der Waals surface area contributed by atoms with Crippen molar-refractivity contribution in [2.24, 2.45) is 0 Å². The molecule has 0 saturated heterocycles. The molecule has 1 unspecified atom stereocenters. The maximum Gasteiger partial charge on any atom is 0.245 e. The lowest BCUT2D eigenvalue weighted by Crippen LogP contribution is -2.47. The number of aliphatic hydroxyl groups excluding tert-OH is 1. The minimum absolute atomic E-state index is 0.141. The van der Waals surface area contributed by atoms with Crippen molar-refractivity contribution in [2.45, 2.75) is 43.2 Å². The number of hydrogen-bond donors (Lipinski definition) is 1. The molecule has 1 amide bonds. The second-order valence-electron chi connectivity index (χ2n) is 5.51. The molecule has 1 aliphatic carbocycles. The minimum atomic E-state index is -0.765. The van der Waals surface area contributed by atoms with E-state index in [1.165, 1.54) is 0 Å². The first-order valence-electron chi connectivity index (χ1n) is 7.27. The zero-order valence-electron chi connectivity index (χ0n) is 12.5. The van der Waals surface area contributed by atoms with E-state index >= 15 is 0 Å². The second-order valence-corrected chi connectivity index (χ2v) is 5.94. The van der Waals surface area contributed by atoms with Crippen LogP contribution >= 0.6 is 11.6 Å². The molecule has 0 spiro atoms. The Morgan fingerprint density at radius 3 is 2.81 bits per heavy atom. The number of ether oxygens (including phenoxy) is 1. The molecule has 0 bridgehead atoms. The molecule has 1 N–H and O–H groups in total. The number of aliphatic hydroxyl groups is 1. The average Bonchev–Trinajstić information content (AvgIpc) is 2.53. The van der Waals surface area contributed by atoms with Gasteiger partial charge in [0.25, 0.3) is 0 Å². The molecule has 0 aromatic heterocycles. The number of likely N-dealkylation sites (N-methyl/N-ethyl adjacent to an activating group) is 1. The van der Waals surface area contributed by atoms with Gasteiger partial charge in [0.2, 0.25) is 5.91 Å². The first-order chi connectivity index (χ1) is 10.0. The highest BCUT2D eigenvalue weighted by Crippen LogP contribution is 2.29. The van der Waals surface area contributed by atoms with Gasteiger partial charge in [-0.2, -0.15) is 0 Å². The molecular weight excluding hydrogens is 290 g/mol. The van der Waals surface area contributed by atoms with E-state index in [1.807, 2.05) is 18.2 Å². The van der Waals surface area contributed by atoms with Crippen LogP contribution in [0.15, 0.2) is 24.3 Å². The number of methoxy groups -OCH3 is 1. The summed E-state index contributed by atoms with van der Waals surface area (Å²) in [6.45, 7) is 0. The van der Waals surface area contributed by atoms with Gasteiger partial charge < -0.3 is 14.7 Å². The molecule has 21 heavy (non-hydrogen) atoms. The summed E-state index contributed by atoms with van der Waals surface area (Å²) in [4.78, 5) is 14.1. The number of carbonyl (C=O) groups excluding carboxylic acids is 1. The van der Waals surface area contributed by atoms with Gasteiger partial charge in [0.15, 0.2) is 0 Å². The lowest BCUT2D eigenvalue weighted by Gasteiger charge is -2.36. The van der Waals surface area contributed by atoms with E-state index in [0.717, 1.165) is 25.7 Å². The SMILES string of the molecule is COc1cccc(C(Cl)C(=O)N(C)[C@@H]2CCCC[C@H]2O)c1. The van der Waals surface area contributed by atoms with E-state index in [9.17, 15) is 9.90 Å². The lowest BCUT2D eigenvalue weighted by molar-refractivity contribution is -0.135. The Hall–Kier alpha value is -1.26. The first kappa shape index (κ1) is 16.1. The van der Waals surface area contributed by atoms with E-state index in [0.29, 0.717) is 11.3 Å². The Morgan fingerprint density at radius 2 is 2.14 bits per heavy atom. The van der Waals surface area contributed by atoms with E-state index in [4.69, 9.17) is 16.3 Å². The molecule has 3 atom stereocenters. The second kappa shape index (κ2) is 7.14. The summed E-state index contributed by atoms with van der Waals surface area (Å²) in [7, 11) is 3.30. The molecular formula is C16H22ClNO3. The molecule has 0 heterocycles. The highest BCUT2D eigenvalue weighted by molar-refractivity contribution is 6.30. The Kier molecular flexibility index (Phi) is 5.48. The summed E-state index contributed by atoms with van der Waals surface area (Å²) in [5.74, 6) is 0.488. The predicted molar refractivity (Wildman–Crippen MR) is 82.6 cm³/mol. The van der Waals surface area contributed by atoms with Crippen LogP contribution in [0, 0.1) is 0 Å². The van der Waals surface area contributed by atoms with Crippen molar-refractivity contribution in [1.82, 2.24) is 4.90 Å². The molecule has 1 aliphatic rings. The van der Waals surface area contributed by atoms with Crippen molar-refractivity contribution in [3.63, 3.8) is 0 Å². The third-order valence-corrected chi connectivity index (χ3v) is 4.58. The summed E-state index contributed by atoms with van der Waals surface area (Å²) in [6.07, 6.45) is 3.16. The number of carbonyl (C=O) groups is 1. The summed E-state index contributed by atoms with van der Waals surface area (Å²) in [5, 5.41) is 9.30. The van der Waals surface area contributed by atoms with Gasteiger partial charge >= 0.3 is 0 Å².